The maximum Gasteiger partial charge on any atom is 0.259 e. The zero-order valence-electron chi connectivity index (χ0n) is 13.0. The zero-order valence-corrected chi connectivity index (χ0v) is 13.0. The van der Waals surface area contributed by atoms with Gasteiger partial charge in [-0.2, -0.15) is 5.10 Å². The Bertz CT molecular complexity index is 751. The van der Waals surface area contributed by atoms with Crippen molar-refractivity contribution in [3.05, 3.63) is 46.0 Å². The van der Waals surface area contributed by atoms with Gasteiger partial charge in [0, 0.05) is 19.3 Å². The van der Waals surface area contributed by atoms with Gasteiger partial charge >= 0.3 is 0 Å². The Morgan fingerprint density at radius 2 is 2.18 bits per heavy atom. The predicted octanol–water partition coefficient (Wildman–Crippen LogP) is 2.07. The third kappa shape index (κ3) is 2.39. The molecule has 1 aliphatic heterocycles. The second kappa shape index (κ2) is 5.53. The lowest BCUT2D eigenvalue weighted by Gasteiger charge is -2.19. The van der Waals surface area contributed by atoms with Crippen LogP contribution in [0.15, 0.2) is 12.1 Å². The Morgan fingerprint density at radius 1 is 1.41 bits per heavy atom. The number of benzene rings is 1. The van der Waals surface area contributed by atoms with Gasteiger partial charge in [-0.1, -0.05) is 6.07 Å². The molecule has 1 amide bonds. The fourth-order valence-corrected chi connectivity index (χ4v) is 2.92. The van der Waals surface area contributed by atoms with Crippen LogP contribution in [0.1, 0.15) is 32.9 Å². The molecule has 3 rings (SSSR count). The van der Waals surface area contributed by atoms with E-state index in [0.29, 0.717) is 29.8 Å². The molecule has 22 heavy (non-hydrogen) atoms. The van der Waals surface area contributed by atoms with Crippen molar-refractivity contribution in [1.29, 1.82) is 0 Å². The van der Waals surface area contributed by atoms with Crippen LogP contribution < -0.4 is 10.6 Å². The minimum absolute atomic E-state index is 0.230. The number of nitrogens with one attached hydrogen (secondary N) is 2. The molecule has 2 N–H and O–H groups in total. The Morgan fingerprint density at radius 3 is 2.86 bits per heavy atom. The zero-order chi connectivity index (χ0) is 15.9. The topological polar surface area (TPSA) is 59.0 Å². The van der Waals surface area contributed by atoms with Crippen molar-refractivity contribution in [2.75, 3.05) is 11.9 Å². The summed E-state index contributed by atoms with van der Waals surface area (Å²) in [5, 5.41) is 10.1. The quantitative estimate of drug-likeness (QED) is 0.893. The molecule has 1 aliphatic rings. The van der Waals surface area contributed by atoms with Crippen molar-refractivity contribution in [3.63, 3.8) is 0 Å². The van der Waals surface area contributed by atoms with E-state index in [9.17, 15) is 9.18 Å². The highest BCUT2D eigenvalue weighted by molar-refractivity contribution is 6.06. The molecule has 0 spiro atoms. The number of amides is 1. The van der Waals surface area contributed by atoms with Crippen LogP contribution in [0, 0.1) is 19.7 Å². The molecule has 0 bridgehead atoms. The van der Waals surface area contributed by atoms with Crippen molar-refractivity contribution < 1.29 is 9.18 Å². The number of halogens is 1. The molecule has 2 aromatic rings. The van der Waals surface area contributed by atoms with Crippen LogP contribution in [0.2, 0.25) is 0 Å². The SMILES string of the molecule is Cc1nn(C)c(C)c1C(=O)Nc1ccc2c(c1F)CCNC2. The van der Waals surface area contributed by atoms with Gasteiger partial charge in [0.05, 0.1) is 16.9 Å². The summed E-state index contributed by atoms with van der Waals surface area (Å²) in [5.41, 5.74) is 3.78. The number of carbonyl (C=O) groups excluding carboxylic acids is 1. The fraction of sp³-hybridized carbons (Fsp3) is 0.375. The van der Waals surface area contributed by atoms with E-state index in [1.54, 1.807) is 24.7 Å². The van der Waals surface area contributed by atoms with Crippen LogP contribution in [0.5, 0.6) is 0 Å². The molecule has 116 valence electrons. The van der Waals surface area contributed by atoms with E-state index < -0.39 is 0 Å². The summed E-state index contributed by atoms with van der Waals surface area (Å²) in [7, 11) is 1.78. The number of hydrogen-bond donors (Lipinski definition) is 2. The molecule has 0 saturated carbocycles. The average molecular weight is 302 g/mol. The van der Waals surface area contributed by atoms with E-state index in [1.165, 1.54) is 0 Å². The van der Waals surface area contributed by atoms with Gasteiger partial charge in [0.2, 0.25) is 0 Å². The Hall–Kier alpha value is -2.21. The van der Waals surface area contributed by atoms with Crippen molar-refractivity contribution >= 4 is 11.6 Å². The monoisotopic (exact) mass is 302 g/mol. The third-order valence-corrected chi connectivity index (χ3v) is 4.19. The van der Waals surface area contributed by atoms with E-state index in [0.717, 1.165) is 17.8 Å². The van der Waals surface area contributed by atoms with Gasteiger partial charge in [-0.25, -0.2) is 4.39 Å². The van der Waals surface area contributed by atoms with Crippen molar-refractivity contribution in [3.8, 4) is 0 Å². The van der Waals surface area contributed by atoms with Gasteiger partial charge in [0.1, 0.15) is 5.82 Å². The molecular formula is C16H19FN4O. The number of anilines is 1. The first kappa shape index (κ1) is 14.7. The molecule has 0 saturated heterocycles. The number of fused-ring (bicyclic) bond motifs is 1. The van der Waals surface area contributed by atoms with E-state index in [4.69, 9.17) is 0 Å². The lowest BCUT2D eigenvalue weighted by atomic mass is 9.99. The first-order valence-corrected chi connectivity index (χ1v) is 7.31. The molecule has 0 fully saturated rings. The summed E-state index contributed by atoms with van der Waals surface area (Å²) in [6, 6.07) is 3.49. The number of nitrogens with zero attached hydrogens (tertiary/aromatic N) is 2. The Kier molecular flexibility index (Phi) is 3.70. The number of aryl methyl sites for hydroxylation is 2. The van der Waals surface area contributed by atoms with Crippen LogP contribution in [0.25, 0.3) is 0 Å². The number of aromatic nitrogens is 2. The second-order valence-electron chi connectivity index (χ2n) is 5.62. The van der Waals surface area contributed by atoms with Crippen LogP contribution in [0.3, 0.4) is 0 Å². The van der Waals surface area contributed by atoms with E-state index >= 15 is 0 Å². The molecule has 0 radical (unpaired) electrons. The molecule has 0 aliphatic carbocycles. The van der Waals surface area contributed by atoms with Crippen LogP contribution in [-0.4, -0.2) is 22.2 Å². The average Bonchev–Trinajstić information content (AvgIpc) is 2.75. The highest BCUT2D eigenvalue weighted by Gasteiger charge is 2.21. The van der Waals surface area contributed by atoms with E-state index in [1.807, 2.05) is 13.0 Å². The summed E-state index contributed by atoms with van der Waals surface area (Å²) in [4.78, 5) is 12.4. The van der Waals surface area contributed by atoms with Crippen LogP contribution in [0.4, 0.5) is 10.1 Å². The smallest absolute Gasteiger partial charge is 0.259 e. The minimum atomic E-state index is -0.327. The van der Waals surface area contributed by atoms with Crippen LogP contribution in [-0.2, 0) is 20.0 Å². The third-order valence-electron chi connectivity index (χ3n) is 4.19. The Labute approximate surface area is 128 Å². The van der Waals surface area contributed by atoms with Gasteiger partial charge in [0.15, 0.2) is 0 Å². The molecule has 2 heterocycles. The molecule has 1 aromatic carbocycles. The molecule has 0 unspecified atom stereocenters. The molecule has 6 heteroatoms. The highest BCUT2D eigenvalue weighted by Crippen LogP contribution is 2.25. The van der Waals surface area contributed by atoms with E-state index in [2.05, 4.69) is 15.7 Å². The standard InChI is InChI=1S/C16H19FN4O/c1-9-14(10(2)21(3)20-9)16(22)19-13-5-4-11-8-18-7-6-12(11)15(13)17/h4-5,18H,6-8H2,1-3H3,(H,19,22). The fourth-order valence-electron chi connectivity index (χ4n) is 2.92. The predicted molar refractivity (Wildman–Crippen MR) is 82.4 cm³/mol. The largest absolute Gasteiger partial charge is 0.319 e. The molecule has 0 atom stereocenters. The number of carbonyl (C=O) groups is 1. The van der Waals surface area contributed by atoms with Gasteiger partial charge < -0.3 is 10.6 Å². The summed E-state index contributed by atoms with van der Waals surface area (Å²) in [6.07, 6.45) is 0.635. The van der Waals surface area contributed by atoms with E-state index in [-0.39, 0.29) is 17.4 Å². The van der Waals surface area contributed by atoms with Crippen molar-refractivity contribution in [1.82, 2.24) is 15.1 Å². The maximum absolute atomic E-state index is 14.6. The number of rotatable bonds is 2. The lowest BCUT2D eigenvalue weighted by molar-refractivity contribution is 0.102. The first-order chi connectivity index (χ1) is 10.5. The maximum atomic E-state index is 14.6. The summed E-state index contributed by atoms with van der Waals surface area (Å²) in [6.45, 7) is 5.02. The number of hydrogen-bond acceptors (Lipinski definition) is 3. The van der Waals surface area contributed by atoms with Gasteiger partial charge in [-0.05, 0) is 44.0 Å². The summed E-state index contributed by atoms with van der Waals surface area (Å²) in [5.74, 6) is -0.651. The molecule has 1 aromatic heterocycles. The summed E-state index contributed by atoms with van der Waals surface area (Å²) < 4.78 is 16.2. The normalized spacial score (nSPS) is 13.8. The van der Waals surface area contributed by atoms with Gasteiger partial charge in [0.25, 0.3) is 5.91 Å². The van der Waals surface area contributed by atoms with Gasteiger partial charge in [-0.15, -0.1) is 0 Å². The molecular weight excluding hydrogens is 283 g/mol. The second-order valence-corrected chi connectivity index (χ2v) is 5.62. The highest BCUT2D eigenvalue weighted by atomic mass is 19.1. The lowest BCUT2D eigenvalue weighted by Crippen LogP contribution is -2.25. The van der Waals surface area contributed by atoms with Gasteiger partial charge in [-0.3, -0.25) is 9.48 Å². The van der Waals surface area contributed by atoms with Crippen LogP contribution >= 0.6 is 0 Å². The Balaban J connectivity index is 1.92. The minimum Gasteiger partial charge on any atom is -0.319 e. The van der Waals surface area contributed by atoms with Crippen molar-refractivity contribution in [2.24, 2.45) is 7.05 Å². The molecule has 5 nitrogen and oxygen atoms in total. The van der Waals surface area contributed by atoms with Crippen molar-refractivity contribution in [2.45, 2.75) is 26.8 Å². The summed E-state index contributed by atoms with van der Waals surface area (Å²) >= 11 is 0. The first-order valence-electron chi connectivity index (χ1n) is 7.31.